The molecule has 1 amide bonds. The van der Waals surface area contributed by atoms with E-state index in [9.17, 15) is 26.4 Å². The number of benzene rings is 1. The number of amides is 1. The van der Waals surface area contributed by atoms with E-state index in [1.54, 1.807) is 6.07 Å². The van der Waals surface area contributed by atoms with E-state index in [4.69, 9.17) is 5.26 Å². The first-order valence-corrected chi connectivity index (χ1v) is 9.38. The smallest absolute Gasteiger partial charge is 0.272 e. The first-order valence-electron chi connectivity index (χ1n) is 7.73. The molecule has 1 aromatic heterocycles. The molecule has 1 aromatic carbocycles. The summed E-state index contributed by atoms with van der Waals surface area (Å²) in [6, 6.07) is 6.12. The Kier molecular flexibility index (Phi) is 5.95. The van der Waals surface area contributed by atoms with E-state index >= 15 is 0 Å². The molecule has 6 nitrogen and oxygen atoms in total. The van der Waals surface area contributed by atoms with Crippen molar-refractivity contribution < 1.29 is 26.4 Å². The van der Waals surface area contributed by atoms with E-state index in [-0.39, 0.29) is 21.8 Å². The molecule has 10 heteroatoms. The summed E-state index contributed by atoms with van der Waals surface area (Å²) in [7, 11) is -2.58. The number of sulfone groups is 1. The molecule has 0 aliphatic heterocycles. The highest BCUT2D eigenvalue weighted by atomic mass is 32.2. The third-order valence-corrected chi connectivity index (χ3v) is 5.73. The molecule has 27 heavy (non-hydrogen) atoms. The van der Waals surface area contributed by atoms with Gasteiger partial charge in [-0.1, -0.05) is 6.92 Å². The fourth-order valence-electron chi connectivity index (χ4n) is 2.33. The van der Waals surface area contributed by atoms with Gasteiger partial charge in [-0.25, -0.2) is 21.6 Å². The molecule has 0 saturated carbocycles. The van der Waals surface area contributed by atoms with Gasteiger partial charge in [0.1, 0.15) is 17.6 Å². The van der Waals surface area contributed by atoms with Crippen molar-refractivity contribution in [2.24, 2.45) is 13.0 Å². The molecule has 144 valence electrons. The van der Waals surface area contributed by atoms with Gasteiger partial charge in [0.2, 0.25) is 6.43 Å². The Labute approximate surface area is 154 Å². The van der Waals surface area contributed by atoms with Gasteiger partial charge >= 0.3 is 0 Å². The minimum atomic E-state index is -4.00. The highest BCUT2D eigenvalue weighted by Crippen LogP contribution is 2.21. The molecule has 1 heterocycles. The van der Waals surface area contributed by atoms with Gasteiger partial charge in [0.15, 0.2) is 9.84 Å². The fraction of sp³-hybridized carbons (Fsp3) is 0.294. The number of nitriles is 1. The topological polar surface area (TPSA) is 92.0 Å². The third-order valence-electron chi connectivity index (χ3n) is 3.83. The van der Waals surface area contributed by atoms with Crippen molar-refractivity contribution in [3.63, 3.8) is 0 Å². The zero-order chi connectivity index (χ0) is 20.4. The molecule has 1 unspecified atom stereocenters. The number of hydrogen-bond donors (Lipinski definition) is 1. The van der Waals surface area contributed by atoms with Crippen LogP contribution in [-0.2, 0) is 16.9 Å². The predicted octanol–water partition coefficient (Wildman–Crippen LogP) is 2.96. The Morgan fingerprint density at radius 1 is 1.33 bits per heavy atom. The van der Waals surface area contributed by atoms with Crippen molar-refractivity contribution in [1.82, 2.24) is 4.57 Å². The van der Waals surface area contributed by atoms with Crippen LogP contribution in [0, 0.1) is 23.1 Å². The van der Waals surface area contributed by atoms with Crippen LogP contribution in [0.2, 0.25) is 0 Å². The molecular formula is C17H16F3N3O3S. The number of anilines is 1. The van der Waals surface area contributed by atoms with E-state index in [2.05, 4.69) is 5.32 Å². The predicted molar refractivity (Wildman–Crippen MR) is 91.7 cm³/mol. The van der Waals surface area contributed by atoms with Gasteiger partial charge in [-0.3, -0.25) is 4.79 Å². The fourth-order valence-corrected chi connectivity index (χ4v) is 3.97. The van der Waals surface area contributed by atoms with Gasteiger partial charge in [-0.15, -0.1) is 0 Å². The second-order valence-electron chi connectivity index (χ2n) is 6.03. The van der Waals surface area contributed by atoms with Gasteiger partial charge in [0.25, 0.3) is 5.91 Å². The van der Waals surface area contributed by atoms with E-state index in [1.165, 1.54) is 17.7 Å². The lowest BCUT2D eigenvalue weighted by atomic mass is 10.2. The molecule has 1 atom stereocenters. The minimum absolute atomic E-state index is 0.0406. The molecule has 0 bridgehead atoms. The molecule has 0 aliphatic carbocycles. The van der Waals surface area contributed by atoms with Crippen LogP contribution in [0.1, 0.15) is 23.0 Å². The van der Waals surface area contributed by atoms with Gasteiger partial charge in [0.05, 0.1) is 16.2 Å². The number of carbonyl (C=O) groups excluding carboxylic acids is 1. The van der Waals surface area contributed by atoms with Crippen LogP contribution >= 0.6 is 0 Å². The monoisotopic (exact) mass is 399 g/mol. The number of alkyl halides is 2. The van der Waals surface area contributed by atoms with Crippen molar-refractivity contribution in [2.45, 2.75) is 18.2 Å². The summed E-state index contributed by atoms with van der Waals surface area (Å²) < 4.78 is 64.4. The van der Waals surface area contributed by atoms with E-state index < -0.39 is 39.7 Å². The zero-order valence-corrected chi connectivity index (χ0v) is 15.2. The summed E-state index contributed by atoms with van der Waals surface area (Å²) >= 11 is 0. The second-order valence-corrected chi connectivity index (χ2v) is 8.06. The maximum Gasteiger partial charge on any atom is 0.272 e. The van der Waals surface area contributed by atoms with Crippen LogP contribution in [-0.4, -0.2) is 31.1 Å². The Morgan fingerprint density at radius 2 is 2.00 bits per heavy atom. The van der Waals surface area contributed by atoms with Crippen LogP contribution < -0.4 is 5.32 Å². The first kappa shape index (κ1) is 20.5. The normalized spacial score (nSPS) is 12.6. The highest BCUT2D eigenvalue weighted by molar-refractivity contribution is 7.91. The van der Waals surface area contributed by atoms with Crippen LogP contribution in [0.4, 0.5) is 18.9 Å². The third kappa shape index (κ3) is 4.68. The molecule has 0 fully saturated rings. The maximum atomic E-state index is 13.3. The summed E-state index contributed by atoms with van der Waals surface area (Å²) in [5, 5.41) is 11.2. The average molecular weight is 399 g/mol. The SMILES string of the molecule is CC(CS(=O)(=O)c1cc(C(=O)Nc2ccc(F)c(C#N)c2)n(C)c1)C(F)F. The van der Waals surface area contributed by atoms with Gasteiger partial charge in [-0.05, 0) is 24.3 Å². The summed E-state index contributed by atoms with van der Waals surface area (Å²) in [6.07, 6.45) is -1.62. The standard InChI is InChI=1S/C17H16F3N3O3S/c1-10(16(19)20)9-27(25,26)13-6-15(23(2)8-13)17(24)22-12-3-4-14(18)11(5-12)7-21/h3-6,8,10,16H,9H2,1-2H3,(H,22,24). The molecule has 2 aromatic rings. The number of carbonyl (C=O) groups is 1. The maximum absolute atomic E-state index is 13.3. The van der Waals surface area contributed by atoms with E-state index in [0.717, 1.165) is 31.3 Å². The molecular weight excluding hydrogens is 383 g/mol. The van der Waals surface area contributed by atoms with Crippen molar-refractivity contribution in [3.8, 4) is 6.07 Å². The Hall–Kier alpha value is -2.80. The largest absolute Gasteiger partial charge is 0.345 e. The van der Waals surface area contributed by atoms with Crippen LogP contribution in [0.25, 0.3) is 0 Å². The Balaban J connectivity index is 2.25. The van der Waals surface area contributed by atoms with Crippen molar-refractivity contribution in [3.05, 3.63) is 47.5 Å². The van der Waals surface area contributed by atoms with Gasteiger partial charge in [0, 0.05) is 24.8 Å². The number of rotatable bonds is 6. The number of halogens is 3. The molecule has 0 saturated heterocycles. The number of nitrogens with one attached hydrogen (secondary N) is 1. The lowest BCUT2D eigenvalue weighted by Gasteiger charge is -2.09. The average Bonchev–Trinajstić information content (AvgIpc) is 2.99. The highest BCUT2D eigenvalue weighted by Gasteiger charge is 2.26. The summed E-state index contributed by atoms with van der Waals surface area (Å²) in [6.45, 7) is 1.13. The number of nitrogens with zero attached hydrogens (tertiary/aromatic N) is 2. The van der Waals surface area contributed by atoms with E-state index in [1.807, 2.05) is 0 Å². The van der Waals surface area contributed by atoms with Crippen LogP contribution in [0.15, 0.2) is 35.4 Å². The first-order chi connectivity index (χ1) is 12.5. The number of hydrogen-bond acceptors (Lipinski definition) is 4. The molecule has 2 rings (SSSR count). The Morgan fingerprint density at radius 3 is 2.59 bits per heavy atom. The lowest BCUT2D eigenvalue weighted by molar-refractivity contribution is 0.0967. The van der Waals surface area contributed by atoms with Crippen LogP contribution in [0.5, 0.6) is 0 Å². The van der Waals surface area contributed by atoms with Gasteiger partial charge in [-0.2, -0.15) is 5.26 Å². The number of aryl methyl sites for hydroxylation is 1. The number of aromatic nitrogens is 1. The summed E-state index contributed by atoms with van der Waals surface area (Å²) in [4.78, 5) is 12.1. The lowest BCUT2D eigenvalue weighted by Crippen LogP contribution is -2.19. The van der Waals surface area contributed by atoms with Crippen molar-refractivity contribution in [2.75, 3.05) is 11.1 Å². The Bertz CT molecular complexity index is 1010. The zero-order valence-electron chi connectivity index (χ0n) is 14.4. The molecule has 0 aliphatic rings. The summed E-state index contributed by atoms with van der Waals surface area (Å²) in [5.41, 5.74) is -0.153. The van der Waals surface area contributed by atoms with E-state index in [0.29, 0.717) is 0 Å². The quantitative estimate of drug-likeness (QED) is 0.808. The van der Waals surface area contributed by atoms with Crippen LogP contribution in [0.3, 0.4) is 0 Å². The van der Waals surface area contributed by atoms with Crippen molar-refractivity contribution in [1.29, 1.82) is 5.26 Å². The molecule has 0 radical (unpaired) electrons. The molecule has 0 spiro atoms. The second kappa shape index (κ2) is 7.84. The van der Waals surface area contributed by atoms with Crippen molar-refractivity contribution >= 4 is 21.4 Å². The van der Waals surface area contributed by atoms with Gasteiger partial charge < -0.3 is 9.88 Å². The summed E-state index contributed by atoms with van der Waals surface area (Å²) in [5.74, 6) is -3.54. The molecule has 1 N–H and O–H groups in total. The minimum Gasteiger partial charge on any atom is -0.345 e.